The molecule has 0 amide bonds. The quantitative estimate of drug-likeness (QED) is 0.462. The topological polar surface area (TPSA) is 52.2 Å². The third kappa shape index (κ3) is 3.21. The van der Waals surface area contributed by atoms with Crippen molar-refractivity contribution in [1.29, 1.82) is 0 Å². The average molecular weight is 114 g/mol. The molecule has 0 spiro atoms. The molecule has 1 N–H and O–H groups in total. The lowest BCUT2D eigenvalue weighted by Gasteiger charge is -1.97. The molecule has 3 nitrogen and oxygen atoms in total. The molecule has 0 rings (SSSR count). The fraction of sp³-hybridized carbons (Fsp3) is 0.400. The Balaban J connectivity index is 3.75. The first-order chi connectivity index (χ1) is 3.66. The summed E-state index contributed by atoms with van der Waals surface area (Å²) in [5.74, 6) is -1.17. The van der Waals surface area contributed by atoms with E-state index in [1.807, 2.05) is 0 Å². The smallest absolute Gasteiger partial charge is 0.0659 e. The van der Waals surface area contributed by atoms with Crippen LogP contribution < -0.4 is 10.4 Å². The van der Waals surface area contributed by atoms with Crippen molar-refractivity contribution in [2.24, 2.45) is 0 Å². The molecule has 8 heavy (non-hydrogen) atoms. The Kier molecular flexibility index (Phi) is 2.69. The predicted molar refractivity (Wildman–Crippen MR) is 27.8 cm³/mol. The second-order valence-corrected chi connectivity index (χ2v) is 1.40. The van der Waals surface area contributed by atoms with E-state index in [0.29, 0.717) is 5.70 Å². The molecule has 0 bridgehead atoms. The number of nitrogens with one attached hydrogen (secondary N) is 1. The van der Waals surface area contributed by atoms with Gasteiger partial charge in [-0.2, -0.15) is 0 Å². The lowest BCUT2D eigenvalue weighted by molar-refractivity contribution is -0.297. The van der Waals surface area contributed by atoms with Gasteiger partial charge in [0, 0.05) is 12.7 Å². The summed E-state index contributed by atoms with van der Waals surface area (Å²) in [6.07, 6.45) is 1.00. The number of allylic oxidation sites excluding steroid dienone is 1. The van der Waals surface area contributed by atoms with Crippen LogP contribution >= 0.6 is 0 Å². The van der Waals surface area contributed by atoms with Crippen LogP contribution in [0.4, 0.5) is 0 Å². The van der Waals surface area contributed by atoms with Gasteiger partial charge in [-0.25, -0.2) is 0 Å². The van der Waals surface area contributed by atoms with E-state index in [2.05, 4.69) is 5.32 Å². The van der Waals surface area contributed by atoms with Crippen molar-refractivity contribution in [1.82, 2.24) is 5.32 Å². The highest BCUT2D eigenvalue weighted by Gasteiger charge is 1.78. The third-order valence-corrected chi connectivity index (χ3v) is 0.729. The van der Waals surface area contributed by atoms with Gasteiger partial charge >= 0.3 is 0 Å². The van der Waals surface area contributed by atoms with Crippen molar-refractivity contribution < 1.29 is 9.90 Å². The number of carbonyl (C=O) groups is 1. The van der Waals surface area contributed by atoms with Gasteiger partial charge in [0.25, 0.3) is 0 Å². The number of aliphatic carboxylic acids is 1. The van der Waals surface area contributed by atoms with Gasteiger partial charge < -0.3 is 15.2 Å². The molecule has 0 aromatic rings. The zero-order valence-electron chi connectivity index (χ0n) is 4.89. The molecule has 0 aliphatic carbocycles. The zero-order valence-corrected chi connectivity index (χ0v) is 4.89. The highest BCUT2D eigenvalue weighted by Crippen LogP contribution is 1.79. The average Bonchev–Trinajstić information content (AvgIpc) is 1.65. The minimum Gasteiger partial charge on any atom is -0.545 e. The highest BCUT2D eigenvalue weighted by molar-refractivity contribution is 5.78. The molecule has 0 aromatic heterocycles. The summed E-state index contributed by atoms with van der Waals surface area (Å²) in [7, 11) is 1.65. The lowest BCUT2D eigenvalue weighted by Crippen LogP contribution is -2.21. The molecule has 0 saturated heterocycles. The summed E-state index contributed by atoms with van der Waals surface area (Å²) < 4.78 is 0. The SMILES string of the molecule is CN/C(C)=C\C(=O)[O-]. The Bertz CT molecular complexity index is 118. The standard InChI is InChI=1S/C5H9NO2/c1-4(6-2)3-5(7)8/h3,6H,1-2H3,(H,7,8)/p-1/b4-3-. The summed E-state index contributed by atoms with van der Waals surface area (Å²) in [6, 6.07) is 0. The molecule has 0 unspecified atom stereocenters. The molecule has 0 aliphatic rings. The molecule has 0 atom stereocenters. The summed E-state index contributed by atoms with van der Waals surface area (Å²) in [4.78, 5) is 9.74. The van der Waals surface area contributed by atoms with Gasteiger partial charge in [-0.15, -0.1) is 0 Å². The molecule has 0 aliphatic heterocycles. The van der Waals surface area contributed by atoms with Crippen LogP contribution in [0, 0.1) is 0 Å². The maximum absolute atomic E-state index is 9.74. The maximum atomic E-state index is 9.74. The van der Waals surface area contributed by atoms with Crippen LogP contribution in [0.15, 0.2) is 11.8 Å². The number of carboxylic acids is 1. The minimum absolute atomic E-state index is 0.588. The first-order valence-electron chi connectivity index (χ1n) is 2.24. The second kappa shape index (κ2) is 3.07. The van der Waals surface area contributed by atoms with Crippen molar-refractivity contribution in [2.75, 3.05) is 7.05 Å². The molecular weight excluding hydrogens is 106 g/mol. The Morgan fingerprint density at radius 3 is 2.38 bits per heavy atom. The number of hydrogen-bond acceptors (Lipinski definition) is 3. The molecule has 0 heterocycles. The highest BCUT2D eigenvalue weighted by atomic mass is 16.4. The summed E-state index contributed by atoms with van der Waals surface area (Å²) >= 11 is 0. The molecule has 0 fully saturated rings. The van der Waals surface area contributed by atoms with E-state index in [4.69, 9.17) is 0 Å². The third-order valence-electron chi connectivity index (χ3n) is 0.729. The molecular formula is C5H8NO2-. The number of carboxylic acid groups (broad SMARTS) is 1. The maximum Gasteiger partial charge on any atom is 0.0659 e. The number of hydrogen-bond donors (Lipinski definition) is 1. The second-order valence-electron chi connectivity index (χ2n) is 1.40. The van der Waals surface area contributed by atoms with Crippen molar-refractivity contribution >= 4 is 5.97 Å². The molecule has 0 radical (unpaired) electrons. The van der Waals surface area contributed by atoms with Gasteiger partial charge in [-0.05, 0) is 13.0 Å². The fourth-order valence-corrected chi connectivity index (χ4v) is 0.249. The minimum atomic E-state index is -1.17. The van der Waals surface area contributed by atoms with Crippen molar-refractivity contribution in [3.05, 3.63) is 11.8 Å². The Hall–Kier alpha value is -0.990. The monoisotopic (exact) mass is 114 g/mol. The van der Waals surface area contributed by atoms with E-state index in [1.54, 1.807) is 14.0 Å². The normalized spacial score (nSPS) is 11.0. The molecule has 46 valence electrons. The van der Waals surface area contributed by atoms with Gasteiger partial charge in [0.2, 0.25) is 0 Å². The van der Waals surface area contributed by atoms with Crippen molar-refractivity contribution in [3.63, 3.8) is 0 Å². The van der Waals surface area contributed by atoms with Crippen LogP contribution in [-0.4, -0.2) is 13.0 Å². The fourth-order valence-electron chi connectivity index (χ4n) is 0.249. The summed E-state index contributed by atoms with van der Waals surface area (Å²) in [5, 5.41) is 12.4. The van der Waals surface area contributed by atoms with Crippen LogP contribution in [0.25, 0.3) is 0 Å². The first-order valence-corrected chi connectivity index (χ1v) is 2.24. The first kappa shape index (κ1) is 7.01. The molecule has 3 heteroatoms. The van der Waals surface area contributed by atoms with Gasteiger partial charge in [-0.1, -0.05) is 0 Å². The van der Waals surface area contributed by atoms with Crippen LogP contribution in [0.3, 0.4) is 0 Å². The van der Waals surface area contributed by atoms with E-state index in [1.165, 1.54) is 0 Å². The summed E-state index contributed by atoms with van der Waals surface area (Å²) in [6.45, 7) is 1.65. The van der Waals surface area contributed by atoms with Crippen LogP contribution in [-0.2, 0) is 4.79 Å². The lowest BCUT2D eigenvalue weighted by atomic mass is 10.4. The van der Waals surface area contributed by atoms with Gasteiger partial charge in [0.1, 0.15) is 0 Å². The van der Waals surface area contributed by atoms with Crippen molar-refractivity contribution in [2.45, 2.75) is 6.92 Å². The van der Waals surface area contributed by atoms with E-state index >= 15 is 0 Å². The Morgan fingerprint density at radius 1 is 1.75 bits per heavy atom. The van der Waals surface area contributed by atoms with Crippen LogP contribution in [0.2, 0.25) is 0 Å². The van der Waals surface area contributed by atoms with Crippen LogP contribution in [0.1, 0.15) is 6.92 Å². The van der Waals surface area contributed by atoms with Gasteiger partial charge in [0.15, 0.2) is 0 Å². The number of rotatable bonds is 2. The predicted octanol–water partition coefficient (Wildman–Crippen LogP) is -1.14. The van der Waals surface area contributed by atoms with Gasteiger partial charge in [-0.3, -0.25) is 0 Å². The largest absolute Gasteiger partial charge is 0.545 e. The van der Waals surface area contributed by atoms with Crippen LogP contribution in [0.5, 0.6) is 0 Å². The molecule has 0 aromatic carbocycles. The Morgan fingerprint density at radius 2 is 2.25 bits per heavy atom. The van der Waals surface area contributed by atoms with Gasteiger partial charge in [0.05, 0.1) is 5.97 Å². The van der Waals surface area contributed by atoms with E-state index < -0.39 is 5.97 Å². The Labute approximate surface area is 48.0 Å². The number of carbonyl (C=O) groups excluding carboxylic acids is 1. The zero-order chi connectivity index (χ0) is 6.57. The van der Waals surface area contributed by atoms with Crippen molar-refractivity contribution in [3.8, 4) is 0 Å². The van der Waals surface area contributed by atoms with E-state index in [-0.39, 0.29) is 0 Å². The van der Waals surface area contributed by atoms with E-state index in [9.17, 15) is 9.90 Å². The van der Waals surface area contributed by atoms with E-state index in [0.717, 1.165) is 6.08 Å². The molecule has 0 saturated carbocycles. The summed E-state index contributed by atoms with van der Waals surface area (Å²) in [5.41, 5.74) is 0.588.